The molecule has 0 aliphatic heterocycles. The number of benzene rings is 1. The van der Waals surface area contributed by atoms with Crippen molar-refractivity contribution in [2.45, 2.75) is 46.7 Å². The maximum absolute atomic E-state index is 12.2. The third-order valence-corrected chi connectivity index (χ3v) is 3.81. The van der Waals surface area contributed by atoms with Gasteiger partial charge in [0.1, 0.15) is 0 Å². The van der Waals surface area contributed by atoms with E-state index in [2.05, 4.69) is 36.5 Å². The van der Waals surface area contributed by atoms with Crippen molar-refractivity contribution in [3.8, 4) is 5.69 Å². The first-order valence-electron chi connectivity index (χ1n) is 8.54. The highest BCUT2D eigenvalue weighted by Gasteiger charge is 2.19. The van der Waals surface area contributed by atoms with Crippen LogP contribution >= 0.6 is 0 Å². The van der Waals surface area contributed by atoms with Crippen LogP contribution in [0.4, 0.5) is 4.79 Å². The van der Waals surface area contributed by atoms with Crippen molar-refractivity contribution in [1.82, 2.24) is 20.4 Å². The number of rotatable bonds is 6. The lowest BCUT2D eigenvalue weighted by Crippen LogP contribution is -2.45. The number of hydrogen-bond donors (Lipinski definition) is 3. The van der Waals surface area contributed by atoms with Crippen LogP contribution in [0.3, 0.4) is 0 Å². The van der Waals surface area contributed by atoms with Gasteiger partial charge in [0.25, 0.3) is 0 Å². The number of hydrogen-bond acceptors (Lipinski definition) is 3. The highest BCUT2D eigenvalue weighted by molar-refractivity contribution is 5.74. The van der Waals surface area contributed by atoms with Crippen molar-refractivity contribution < 1.29 is 9.90 Å². The SMILES string of the molecule is Cc1ccn(-c2ccccc2CNC(=O)NC(CO)CC(C)(C)C)n1. The van der Waals surface area contributed by atoms with E-state index in [9.17, 15) is 9.90 Å². The topological polar surface area (TPSA) is 79.2 Å². The quantitative estimate of drug-likeness (QED) is 0.754. The predicted octanol–water partition coefficient (Wildman–Crippen LogP) is 2.78. The van der Waals surface area contributed by atoms with Gasteiger partial charge in [0.05, 0.1) is 24.0 Å². The molecular formula is C19H28N4O2. The zero-order valence-electron chi connectivity index (χ0n) is 15.4. The van der Waals surface area contributed by atoms with Gasteiger partial charge in [0.15, 0.2) is 0 Å². The van der Waals surface area contributed by atoms with Gasteiger partial charge < -0.3 is 15.7 Å². The zero-order valence-corrected chi connectivity index (χ0v) is 15.4. The van der Waals surface area contributed by atoms with Crippen molar-refractivity contribution >= 4 is 6.03 Å². The van der Waals surface area contributed by atoms with Crippen molar-refractivity contribution in [3.05, 3.63) is 47.8 Å². The summed E-state index contributed by atoms with van der Waals surface area (Å²) in [6.45, 7) is 8.49. The fraction of sp³-hybridized carbons (Fsp3) is 0.474. The Hall–Kier alpha value is -2.34. The largest absolute Gasteiger partial charge is 0.394 e. The summed E-state index contributed by atoms with van der Waals surface area (Å²) >= 11 is 0. The second-order valence-electron chi connectivity index (χ2n) is 7.50. The van der Waals surface area contributed by atoms with E-state index in [0.717, 1.165) is 16.9 Å². The number of urea groups is 1. The molecule has 1 aromatic carbocycles. The molecule has 2 aromatic rings. The first-order chi connectivity index (χ1) is 11.8. The summed E-state index contributed by atoms with van der Waals surface area (Å²) in [7, 11) is 0. The summed E-state index contributed by atoms with van der Waals surface area (Å²) in [5.41, 5.74) is 2.88. The first kappa shape index (κ1) is 19.0. The first-order valence-corrected chi connectivity index (χ1v) is 8.54. The molecule has 1 unspecified atom stereocenters. The summed E-state index contributed by atoms with van der Waals surface area (Å²) in [5.74, 6) is 0. The standard InChI is InChI=1S/C19H28N4O2/c1-14-9-10-23(22-14)17-8-6-5-7-15(17)12-20-18(25)21-16(13-24)11-19(2,3)4/h5-10,16,24H,11-13H2,1-4H3,(H2,20,21,25). The average Bonchev–Trinajstić information content (AvgIpc) is 2.97. The van der Waals surface area contributed by atoms with Crippen molar-refractivity contribution in [2.75, 3.05) is 6.61 Å². The molecule has 25 heavy (non-hydrogen) atoms. The Kier molecular flexibility index (Phi) is 6.20. The molecule has 0 aliphatic rings. The van der Waals surface area contributed by atoms with Crippen LogP contribution in [-0.4, -0.2) is 33.6 Å². The number of aromatic nitrogens is 2. The lowest BCUT2D eigenvalue weighted by atomic mass is 9.88. The Morgan fingerprint density at radius 3 is 2.60 bits per heavy atom. The minimum atomic E-state index is -0.283. The van der Waals surface area contributed by atoms with Gasteiger partial charge in [0, 0.05) is 12.7 Å². The van der Waals surface area contributed by atoms with Gasteiger partial charge in [-0.15, -0.1) is 0 Å². The molecule has 0 aliphatic carbocycles. The molecule has 0 spiro atoms. The Morgan fingerprint density at radius 1 is 1.28 bits per heavy atom. The Labute approximate surface area is 149 Å². The van der Waals surface area contributed by atoms with Crippen LogP contribution in [0.25, 0.3) is 5.69 Å². The minimum absolute atomic E-state index is 0.0330. The minimum Gasteiger partial charge on any atom is -0.394 e. The van der Waals surface area contributed by atoms with Gasteiger partial charge in [-0.05, 0) is 36.5 Å². The van der Waals surface area contributed by atoms with E-state index in [1.165, 1.54) is 0 Å². The number of carbonyl (C=O) groups excluding carboxylic acids is 1. The fourth-order valence-electron chi connectivity index (χ4n) is 2.75. The van der Waals surface area contributed by atoms with Gasteiger partial charge in [-0.3, -0.25) is 0 Å². The summed E-state index contributed by atoms with van der Waals surface area (Å²) in [6.07, 6.45) is 2.61. The van der Waals surface area contributed by atoms with Crippen molar-refractivity contribution in [1.29, 1.82) is 0 Å². The van der Waals surface area contributed by atoms with Gasteiger partial charge in [-0.25, -0.2) is 9.48 Å². The summed E-state index contributed by atoms with van der Waals surface area (Å²) in [5, 5.41) is 19.6. The predicted molar refractivity (Wildman–Crippen MR) is 98.6 cm³/mol. The number of nitrogens with zero attached hydrogens (tertiary/aromatic N) is 2. The maximum atomic E-state index is 12.2. The molecule has 0 fully saturated rings. The molecule has 0 bridgehead atoms. The van der Waals surface area contributed by atoms with E-state index < -0.39 is 0 Å². The Bertz CT molecular complexity index is 703. The monoisotopic (exact) mass is 344 g/mol. The summed E-state index contributed by atoms with van der Waals surface area (Å²) in [4.78, 5) is 12.2. The van der Waals surface area contributed by atoms with Crippen molar-refractivity contribution in [3.63, 3.8) is 0 Å². The second kappa shape index (κ2) is 8.16. The zero-order chi connectivity index (χ0) is 18.4. The lowest BCUT2D eigenvalue weighted by Gasteiger charge is -2.25. The number of aliphatic hydroxyl groups excluding tert-OH is 1. The van der Waals surface area contributed by atoms with Crippen LogP contribution in [0.2, 0.25) is 0 Å². The smallest absolute Gasteiger partial charge is 0.315 e. The van der Waals surface area contributed by atoms with Crippen LogP contribution in [-0.2, 0) is 6.54 Å². The molecule has 6 heteroatoms. The third-order valence-electron chi connectivity index (χ3n) is 3.81. The molecule has 1 heterocycles. The molecule has 0 saturated heterocycles. The number of aryl methyl sites for hydroxylation is 1. The fourth-order valence-corrected chi connectivity index (χ4v) is 2.75. The van der Waals surface area contributed by atoms with Crippen LogP contribution in [0.5, 0.6) is 0 Å². The number of aliphatic hydroxyl groups is 1. The lowest BCUT2D eigenvalue weighted by molar-refractivity contribution is 0.190. The van der Waals surface area contributed by atoms with Crippen LogP contribution in [0.1, 0.15) is 38.4 Å². The van der Waals surface area contributed by atoms with Crippen molar-refractivity contribution in [2.24, 2.45) is 5.41 Å². The van der Waals surface area contributed by atoms with E-state index in [-0.39, 0.29) is 24.1 Å². The van der Waals surface area contributed by atoms with Gasteiger partial charge in [-0.1, -0.05) is 39.0 Å². The van der Waals surface area contributed by atoms with E-state index in [1.807, 2.05) is 43.5 Å². The molecule has 6 nitrogen and oxygen atoms in total. The molecule has 1 aromatic heterocycles. The van der Waals surface area contributed by atoms with Crippen LogP contribution in [0.15, 0.2) is 36.5 Å². The second-order valence-corrected chi connectivity index (χ2v) is 7.50. The Morgan fingerprint density at radius 2 is 2.00 bits per heavy atom. The molecule has 2 amide bonds. The molecule has 0 radical (unpaired) electrons. The number of nitrogens with one attached hydrogen (secondary N) is 2. The summed E-state index contributed by atoms with van der Waals surface area (Å²) < 4.78 is 1.81. The molecule has 3 N–H and O–H groups in total. The van der Waals surface area contributed by atoms with Gasteiger partial charge >= 0.3 is 6.03 Å². The highest BCUT2D eigenvalue weighted by atomic mass is 16.3. The third kappa shape index (κ3) is 5.90. The average molecular weight is 344 g/mol. The molecule has 1 atom stereocenters. The van der Waals surface area contributed by atoms with Crippen LogP contribution < -0.4 is 10.6 Å². The van der Waals surface area contributed by atoms with Crippen LogP contribution in [0, 0.1) is 12.3 Å². The van der Waals surface area contributed by atoms with E-state index in [0.29, 0.717) is 13.0 Å². The number of para-hydroxylation sites is 1. The van der Waals surface area contributed by atoms with E-state index in [1.54, 1.807) is 4.68 Å². The molecule has 136 valence electrons. The highest BCUT2D eigenvalue weighted by Crippen LogP contribution is 2.20. The van der Waals surface area contributed by atoms with Gasteiger partial charge in [-0.2, -0.15) is 5.10 Å². The summed E-state index contributed by atoms with van der Waals surface area (Å²) in [6, 6.07) is 9.21. The van der Waals surface area contributed by atoms with E-state index >= 15 is 0 Å². The normalized spacial score (nSPS) is 12.7. The van der Waals surface area contributed by atoms with Gasteiger partial charge in [0.2, 0.25) is 0 Å². The molecule has 0 saturated carbocycles. The number of amides is 2. The maximum Gasteiger partial charge on any atom is 0.315 e. The molecular weight excluding hydrogens is 316 g/mol. The molecule has 2 rings (SSSR count). The van der Waals surface area contributed by atoms with E-state index in [4.69, 9.17) is 0 Å². The number of carbonyl (C=O) groups is 1. The Balaban J connectivity index is 1.98.